The molecule has 0 aromatic carbocycles. The van der Waals surface area contributed by atoms with E-state index in [4.69, 9.17) is 0 Å². The molecule has 0 bridgehead atoms. The number of thioether (sulfide) groups is 2. The van der Waals surface area contributed by atoms with Gasteiger partial charge in [0.05, 0.1) is 5.92 Å². The molecular formula is C13H18N4OS2. The predicted molar refractivity (Wildman–Crippen MR) is 83.4 cm³/mol. The summed E-state index contributed by atoms with van der Waals surface area (Å²) in [5, 5.41) is 0.783. The van der Waals surface area contributed by atoms with Gasteiger partial charge in [0.15, 0.2) is 5.16 Å². The second-order valence-corrected chi connectivity index (χ2v) is 6.94. The maximum Gasteiger partial charge on any atom is 0.229 e. The van der Waals surface area contributed by atoms with E-state index in [1.807, 2.05) is 29.0 Å². The van der Waals surface area contributed by atoms with Crippen LogP contribution in [0.4, 0.5) is 5.82 Å². The number of amides is 1. The smallest absolute Gasteiger partial charge is 0.229 e. The number of hydrogen-bond acceptors (Lipinski definition) is 6. The van der Waals surface area contributed by atoms with Gasteiger partial charge in [-0.3, -0.25) is 4.79 Å². The average molecular weight is 310 g/mol. The zero-order chi connectivity index (χ0) is 13.9. The van der Waals surface area contributed by atoms with Crippen LogP contribution in [0.5, 0.6) is 0 Å². The summed E-state index contributed by atoms with van der Waals surface area (Å²) in [6.07, 6.45) is 3.75. The Morgan fingerprint density at radius 2 is 2.15 bits per heavy atom. The molecule has 3 heterocycles. The van der Waals surface area contributed by atoms with Crippen LogP contribution in [0.15, 0.2) is 17.4 Å². The first-order valence-electron chi connectivity index (χ1n) is 6.76. The van der Waals surface area contributed by atoms with Gasteiger partial charge in [-0.05, 0) is 12.3 Å². The molecule has 1 aromatic heterocycles. The van der Waals surface area contributed by atoms with Crippen molar-refractivity contribution < 1.29 is 4.79 Å². The van der Waals surface area contributed by atoms with E-state index in [0.29, 0.717) is 5.91 Å². The Labute approximate surface area is 127 Å². The van der Waals surface area contributed by atoms with Crippen LogP contribution >= 0.6 is 23.5 Å². The standard InChI is InChI=1S/C13H18N4OS2/c1-19-13-14-3-2-11(15-13)17-8-10(9-17)12(18)16-4-6-20-7-5-16/h2-3,10H,4-9H2,1H3. The highest BCUT2D eigenvalue weighted by atomic mass is 32.2. The monoisotopic (exact) mass is 310 g/mol. The quantitative estimate of drug-likeness (QED) is 0.618. The summed E-state index contributed by atoms with van der Waals surface area (Å²) in [4.78, 5) is 25.2. The van der Waals surface area contributed by atoms with Gasteiger partial charge in [-0.1, -0.05) is 11.8 Å². The van der Waals surface area contributed by atoms with Crippen LogP contribution in [0, 0.1) is 5.92 Å². The molecule has 3 rings (SSSR count). The van der Waals surface area contributed by atoms with E-state index in [1.54, 1.807) is 6.20 Å². The van der Waals surface area contributed by atoms with Crippen LogP contribution in [0.3, 0.4) is 0 Å². The highest BCUT2D eigenvalue weighted by Gasteiger charge is 2.36. The first-order chi connectivity index (χ1) is 9.78. The Morgan fingerprint density at radius 3 is 2.85 bits per heavy atom. The van der Waals surface area contributed by atoms with E-state index in [-0.39, 0.29) is 5.92 Å². The third kappa shape index (κ3) is 2.88. The van der Waals surface area contributed by atoms with Gasteiger partial charge < -0.3 is 9.80 Å². The highest BCUT2D eigenvalue weighted by Crippen LogP contribution is 2.26. The van der Waals surface area contributed by atoms with Gasteiger partial charge >= 0.3 is 0 Å². The number of hydrogen-bond donors (Lipinski definition) is 0. The predicted octanol–water partition coefficient (Wildman–Crippen LogP) is 1.21. The number of anilines is 1. The third-order valence-electron chi connectivity index (χ3n) is 3.68. The lowest BCUT2D eigenvalue weighted by atomic mass is 9.98. The molecule has 0 spiro atoms. The molecule has 0 radical (unpaired) electrons. The van der Waals surface area contributed by atoms with Crippen LogP contribution < -0.4 is 4.90 Å². The minimum atomic E-state index is 0.144. The number of rotatable bonds is 3. The van der Waals surface area contributed by atoms with E-state index in [9.17, 15) is 4.79 Å². The van der Waals surface area contributed by atoms with E-state index in [1.165, 1.54) is 11.8 Å². The molecule has 1 amide bonds. The van der Waals surface area contributed by atoms with Crippen molar-refractivity contribution >= 4 is 35.2 Å². The maximum absolute atomic E-state index is 12.3. The summed E-state index contributed by atoms with van der Waals surface area (Å²) in [6, 6.07) is 1.91. The molecule has 5 nitrogen and oxygen atoms in total. The molecule has 2 fully saturated rings. The average Bonchev–Trinajstić information content (AvgIpc) is 2.47. The minimum Gasteiger partial charge on any atom is -0.355 e. The maximum atomic E-state index is 12.3. The van der Waals surface area contributed by atoms with Gasteiger partial charge in [0, 0.05) is 43.9 Å². The van der Waals surface area contributed by atoms with Crippen molar-refractivity contribution in [2.45, 2.75) is 5.16 Å². The summed E-state index contributed by atoms with van der Waals surface area (Å²) in [6.45, 7) is 3.38. The fourth-order valence-electron chi connectivity index (χ4n) is 2.47. The molecule has 20 heavy (non-hydrogen) atoms. The topological polar surface area (TPSA) is 49.3 Å². The zero-order valence-corrected chi connectivity index (χ0v) is 13.1. The van der Waals surface area contributed by atoms with Crippen molar-refractivity contribution in [3.8, 4) is 0 Å². The first kappa shape index (κ1) is 14.0. The normalized spacial score (nSPS) is 19.9. The molecule has 2 saturated heterocycles. The van der Waals surface area contributed by atoms with Gasteiger partial charge in [0.2, 0.25) is 5.91 Å². The van der Waals surface area contributed by atoms with E-state index in [2.05, 4.69) is 14.9 Å². The van der Waals surface area contributed by atoms with Crippen LogP contribution in [0.25, 0.3) is 0 Å². The van der Waals surface area contributed by atoms with Gasteiger partial charge in [-0.2, -0.15) is 11.8 Å². The van der Waals surface area contributed by atoms with Crippen molar-refractivity contribution in [1.29, 1.82) is 0 Å². The Hall–Kier alpha value is -0.950. The van der Waals surface area contributed by atoms with Gasteiger partial charge in [0.25, 0.3) is 0 Å². The fourth-order valence-corrected chi connectivity index (χ4v) is 3.72. The van der Waals surface area contributed by atoms with Gasteiger partial charge in [0.1, 0.15) is 5.82 Å². The number of carbonyl (C=O) groups excluding carboxylic acids is 1. The lowest BCUT2D eigenvalue weighted by Crippen LogP contribution is -2.56. The molecule has 0 aliphatic carbocycles. The van der Waals surface area contributed by atoms with Crippen LogP contribution in [0.2, 0.25) is 0 Å². The molecule has 2 aliphatic heterocycles. The van der Waals surface area contributed by atoms with E-state index >= 15 is 0 Å². The lowest BCUT2D eigenvalue weighted by Gasteiger charge is -2.42. The Balaban J connectivity index is 1.56. The fraction of sp³-hybridized carbons (Fsp3) is 0.615. The summed E-state index contributed by atoms with van der Waals surface area (Å²) in [5.41, 5.74) is 0. The van der Waals surface area contributed by atoms with Crippen molar-refractivity contribution in [3.05, 3.63) is 12.3 Å². The minimum absolute atomic E-state index is 0.144. The lowest BCUT2D eigenvalue weighted by molar-refractivity contribution is -0.135. The second kappa shape index (κ2) is 6.22. The van der Waals surface area contributed by atoms with Crippen LogP contribution in [-0.2, 0) is 4.79 Å². The molecule has 108 valence electrons. The zero-order valence-electron chi connectivity index (χ0n) is 11.5. The Morgan fingerprint density at radius 1 is 1.40 bits per heavy atom. The number of aromatic nitrogens is 2. The molecule has 2 aliphatic rings. The van der Waals surface area contributed by atoms with Crippen molar-refractivity contribution in [3.63, 3.8) is 0 Å². The Bertz CT molecular complexity index is 487. The van der Waals surface area contributed by atoms with E-state index < -0.39 is 0 Å². The SMILES string of the molecule is CSc1nccc(N2CC(C(=O)N3CCSCC3)C2)n1. The molecule has 0 saturated carbocycles. The van der Waals surface area contributed by atoms with Crippen LogP contribution in [-0.4, -0.2) is 64.7 Å². The van der Waals surface area contributed by atoms with Crippen molar-refractivity contribution in [2.24, 2.45) is 5.92 Å². The first-order valence-corrected chi connectivity index (χ1v) is 9.14. The number of nitrogens with zero attached hydrogens (tertiary/aromatic N) is 4. The Kier molecular flexibility index (Phi) is 4.35. The highest BCUT2D eigenvalue weighted by molar-refractivity contribution is 7.99. The van der Waals surface area contributed by atoms with Crippen LogP contribution in [0.1, 0.15) is 0 Å². The third-order valence-corrected chi connectivity index (χ3v) is 5.18. The van der Waals surface area contributed by atoms with Gasteiger partial charge in [-0.15, -0.1) is 0 Å². The second-order valence-electron chi connectivity index (χ2n) is 4.94. The molecule has 7 heteroatoms. The van der Waals surface area contributed by atoms with Gasteiger partial charge in [-0.25, -0.2) is 9.97 Å². The largest absolute Gasteiger partial charge is 0.355 e. The van der Waals surface area contributed by atoms with E-state index in [0.717, 1.165) is 48.7 Å². The number of carbonyl (C=O) groups is 1. The molecule has 0 atom stereocenters. The molecule has 0 unspecified atom stereocenters. The molecular weight excluding hydrogens is 292 g/mol. The van der Waals surface area contributed by atoms with Crippen molar-refractivity contribution in [1.82, 2.24) is 14.9 Å². The van der Waals surface area contributed by atoms with Crippen molar-refractivity contribution in [2.75, 3.05) is 48.8 Å². The summed E-state index contributed by atoms with van der Waals surface area (Å²) in [5.74, 6) is 3.55. The summed E-state index contributed by atoms with van der Waals surface area (Å²) >= 11 is 3.47. The molecule has 1 aromatic rings. The summed E-state index contributed by atoms with van der Waals surface area (Å²) < 4.78 is 0. The molecule has 0 N–H and O–H groups in total. The summed E-state index contributed by atoms with van der Waals surface area (Å²) in [7, 11) is 0.